The summed E-state index contributed by atoms with van der Waals surface area (Å²) in [4.78, 5) is 23.2. The van der Waals surface area contributed by atoms with E-state index in [4.69, 9.17) is 11.6 Å². The lowest BCUT2D eigenvalue weighted by molar-refractivity contribution is 0.0953. The summed E-state index contributed by atoms with van der Waals surface area (Å²) in [6.07, 6.45) is 2.05. The monoisotopic (exact) mass is 454 g/mol. The maximum atomic E-state index is 12.1. The van der Waals surface area contributed by atoms with Crippen LogP contribution in [0.2, 0.25) is 5.15 Å². The van der Waals surface area contributed by atoms with Crippen molar-refractivity contribution in [2.24, 2.45) is 0 Å². The quantitative estimate of drug-likeness (QED) is 0.187. The highest BCUT2D eigenvalue weighted by Crippen LogP contribution is 2.25. The fourth-order valence-electron chi connectivity index (χ4n) is 2.96. The van der Waals surface area contributed by atoms with Crippen molar-refractivity contribution in [1.29, 1.82) is 0 Å². The Hall–Kier alpha value is -2.57. The van der Waals surface area contributed by atoms with Crippen molar-refractivity contribution < 1.29 is 4.79 Å². The number of nitrogens with zero attached hydrogens (tertiary/aromatic N) is 3. The molecule has 2 aromatic carbocycles. The van der Waals surface area contributed by atoms with Gasteiger partial charge in [-0.1, -0.05) is 79.2 Å². The van der Waals surface area contributed by atoms with E-state index in [0.717, 1.165) is 30.8 Å². The van der Waals surface area contributed by atoms with Gasteiger partial charge in [-0.05, 0) is 29.7 Å². The number of aromatic nitrogens is 2. The van der Waals surface area contributed by atoms with Gasteiger partial charge in [0.25, 0.3) is 5.91 Å². The largest absolute Gasteiger partial charge is 0.355 e. The van der Waals surface area contributed by atoms with Crippen LogP contribution in [0.25, 0.3) is 0 Å². The first-order valence-electron chi connectivity index (χ1n) is 10.3. The fraction of sp³-hybridized carbons (Fsp3) is 0.292. The molecule has 0 fully saturated rings. The molecule has 0 aliphatic rings. The third kappa shape index (κ3) is 7.26. The molecule has 0 spiro atoms. The summed E-state index contributed by atoms with van der Waals surface area (Å²) in [7, 11) is 1.99. The van der Waals surface area contributed by atoms with E-state index in [1.165, 1.54) is 17.3 Å². The average molecular weight is 455 g/mol. The molecular weight excluding hydrogens is 428 g/mol. The van der Waals surface area contributed by atoms with Crippen molar-refractivity contribution in [3.05, 3.63) is 82.5 Å². The second-order valence-corrected chi connectivity index (χ2v) is 8.60. The van der Waals surface area contributed by atoms with Gasteiger partial charge in [-0.15, -0.1) is 0 Å². The third-order valence-corrected chi connectivity index (χ3v) is 5.83. The number of anilines is 1. The van der Waals surface area contributed by atoms with Crippen molar-refractivity contribution in [2.75, 3.05) is 18.5 Å². The van der Waals surface area contributed by atoms with Gasteiger partial charge >= 0.3 is 0 Å². The van der Waals surface area contributed by atoms with Crippen LogP contribution in [0.4, 0.5) is 5.82 Å². The van der Waals surface area contributed by atoms with Crippen molar-refractivity contribution in [1.82, 2.24) is 15.3 Å². The van der Waals surface area contributed by atoms with Crippen LogP contribution in [0, 0.1) is 0 Å². The van der Waals surface area contributed by atoms with E-state index < -0.39 is 0 Å². The topological polar surface area (TPSA) is 58.1 Å². The van der Waals surface area contributed by atoms with E-state index in [1.807, 2.05) is 49.5 Å². The van der Waals surface area contributed by atoms with Crippen LogP contribution >= 0.6 is 23.4 Å². The molecule has 5 nitrogen and oxygen atoms in total. The normalized spacial score (nSPS) is 10.7. The predicted molar refractivity (Wildman–Crippen MR) is 129 cm³/mol. The van der Waals surface area contributed by atoms with Gasteiger partial charge in [0.15, 0.2) is 5.16 Å². The zero-order valence-electron chi connectivity index (χ0n) is 17.8. The van der Waals surface area contributed by atoms with Crippen molar-refractivity contribution in [3.8, 4) is 0 Å². The minimum absolute atomic E-state index is 0.0306. The van der Waals surface area contributed by atoms with Crippen molar-refractivity contribution in [3.63, 3.8) is 0 Å². The van der Waals surface area contributed by atoms with Crippen LogP contribution in [-0.4, -0.2) is 29.5 Å². The van der Waals surface area contributed by atoms with Crippen LogP contribution in [0.15, 0.2) is 65.8 Å². The molecule has 162 valence electrons. The summed E-state index contributed by atoms with van der Waals surface area (Å²) in [5, 5.41) is 3.99. The molecule has 1 amide bonds. The first kappa shape index (κ1) is 23.1. The standard InChI is InChI=1S/C24H27ClN4OS/c1-3-4-14-26-23(30)20-12-10-19(11-13-20)17-31-24-27-21(25)15-22(28-24)29(2)16-18-8-6-5-7-9-18/h5-13,15H,3-4,14,16-17H2,1-2H3,(H,26,30). The second kappa shape index (κ2) is 11.7. The smallest absolute Gasteiger partial charge is 0.251 e. The van der Waals surface area contributed by atoms with Gasteiger partial charge in [0, 0.05) is 37.5 Å². The van der Waals surface area contributed by atoms with Gasteiger partial charge in [0.1, 0.15) is 11.0 Å². The number of thioether (sulfide) groups is 1. The first-order chi connectivity index (χ1) is 15.0. The number of amides is 1. The lowest BCUT2D eigenvalue weighted by atomic mass is 10.1. The van der Waals surface area contributed by atoms with E-state index in [2.05, 4.69) is 39.2 Å². The van der Waals surface area contributed by atoms with Gasteiger partial charge in [0.2, 0.25) is 0 Å². The molecule has 0 radical (unpaired) electrons. The first-order valence-corrected chi connectivity index (χ1v) is 11.7. The Morgan fingerprint density at radius 1 is 1.06 bits per heavy atom. The molecule has 3 rings (SSSR count). The molecule has 1 N–H and O–H groups in total. The highest BCUT2D eigenvalue weighted by atomic mass is 35.5. The maximum Gasteiger partial charge on any atom is 0.251 e. The summed E-state index contributed by atoms with van der Waals surface area (Å²) < 4.78 is 0. The van der Waals surface area contributed by atoms with Crippen LogP contribution in [0.1, 0.15) is 41.3 Å². The zero-order valence-corrected chi connectivity index (χ0v) is 19.4. The van der Waals surface area contributed by atoms with Crippen LogP contribution < -0.4 is 10.2 Å². The Labute approximate surface area is 193 Å². The van der Waals surface area contributed by atoms with E-state index in [-0.39, 0.29) is 5.91 Å². The summed E-state index contributed by atoms with van der Waals surface area (Å²) in [5.74, 6) is 1.45. The highest BCUT2D eigenvalue weighted by molar-refractivity contribution is 7.98. The Kier molecular flexibility index (Phi) is 8.74. The average Bonchev–Trinajstić information content (AvgIpc) is 2.78. The number of benzene rings is 2. The highest BCUT2D eigenvalue weighted by Gasteiger charge is 2.10. The predicted octanol–water partition coefficient (Wildman–Crippen LogP) is 5.59. The van der Waals surface area contributed by atoms with Crippen LogP contribution in [0.3, 0.4) is 0 Å². The number of nitrogens with one attached hydrogen (secondary N) is 1. The number of carbonyl (C=O) groups is 1. The lowest BCUT2D eigenvalue weighted by Gasteiger charge is -2.19. The molecule has 0 unspecified atom stereocenters. The molecule has 7 heteroatoms. The number of rotatable bonds is 10. The molecular formula is C24H27ClN4OS. The summed E-state index contributed by atoms with van der Waals surface area (Å²) in [6.45, 7) is 3.55. The van der Waals surface area contributed by atoms with E-state index in [1.54, 1.807) is 6.07 Å². The SMILES string of the molecule is CCCCNC(=O)c1ccc(CSc2nc(Cl)cc(N(C)Cc3ccccc3)n2)cc1. The number of carbonyl (C=O) groups excluding carboxylic acids is 1. The maximum absolute atomic E-state index is 12.1. The van der Waals surface area contributed by atoms with Crippen molar-refractivity contribution >= 4 is 35.1 Å². The molecule has 0 aliphatic heterocycles. The van der Waals surface area contributed by atoms with Gasteiger partial charge in [-0.25, -0.2) is 9.97 Å². The van der Waals surface area contributed by atoms with Gasteiger partial charge in [-0.3, -0.25) is 4.79 Å². The Bertz CT molecular complexity index is 983. The second-order valence-electron chi connectivity index (χ2n) is 7.27. The lowest BCUT2D eigenvalue weighted by Crippen LogP contribution is -2.24. The Morgan fingerprint density at radius 3 is 2.52 bits per heavy atom. The Morgan fingerprint density at radius 2 is 1.81 bits per heavy atom. The summed E-state index contributed by atoms with van der Waals surface area (Å²) >= 11 is 7.77. The Balaban J connectivity index is 1.59. The molecule has 1 aromatic heterocycles. The molecule has 0 atom stereocenters. The van der Waals surface area contributed by atoms with Gasteiger partial charge < -0.3 is 10.2 Å². The number of halogens is 1. The molecule has 0 saturated carbocycles. The molecule has 3 aromatic rings. The molecule has 0 aliphatic carbocycles. The molecule has 0 bridgehead atoms. The van der Waals surface area contributed by atoms with Crippen LogP contribution in [0.5, 0.6) is 0 Å². The summed E-state index contributed by atoms with van der Waals surface area (Å²) in [6, 6.07) is 19.7. The number of unbranched alkanes of at least 4 members (excludes halogenated alkanes) is 1. The van der Waals surface area contributed by atoms with Gasteiger partial charge in [-0.2, -0.15) is 0 Å². The van der Waals surface area contributed by atoms with Gasteiger partial charge in [0.05, 0.1) is 0 Å². The van der Waals surface area contributed by atoms with Crippen molar-refractivity contribution in [2.45, 2.75) is 37.2 Å². The molecule has 31 heavy (non-hydrogen) atoms. The van der Waals surface area contributed by atoms with E-state index >= 15 is 0 Å². The minimum atomic E-state index is -0.0306. The molecule has 0 saturated heterocycles. The van der Waals surface area contributed by atoms with E-state index in [0.29, 0.717) is 28.2 Å². The third-order valence-electron chi connectivity index (χ3n) is 4.71. The number of hydrogen-bond acceptors (Lipinski definition) is 5. The minimum Gasteiger partial charge on any atom is -0.355 e. The zero-order chi connectivity index (χ0) is 22.1. The fourth-order valence-corrected chi connectivity index (χ4v) is 4.00. The molecule has 1 heterocycles. The van der Waals surface area contributed by atoms with Crippen LogP contribution in [-0.2, 0) is 12.3 Å². The van der Waals surface area contributed by atoms with E-state index in [9.17, 15) is 4.79 Å². The summed E-state index contributed by atoms with van der Waals surface area (Å²) in [5.41, 5.74) is 2.97. The number of hydrogen-bond donors (Lipinski definition) is 1.